The number of hydrogen-bond donors (Lipinski definition) is 2. The number of nitrogens with one attached hydrogen (secondary N) is 1. The summed E-state index contributed by atoms with van der Waals surface area (Å²) in [5, 5.41) is 1.49. The highest BCUT2D eigenvalue weighted by atomic mass is 19.4. The van der Waals surface area contributed by atoms with Crippen LogP contribution >= 0.6 is 0 Å². The highest BCUT2D eigenvalue weighted by molar-refractivity contribution is 5.82. The third-order valence-electron chi connectivity index (χ3n) is 3.61. The van der Waals surface area contributed by atoms with Crippen molar-refractivity contribution in [3.8, 4) is 0 Å². The normalized spacial score (nSPS) is 13.3. The monoisotopic (exact) mass is 381 g/mol. The highest BCUT2D eigenvalue weighted by Gasteiger charge is 2.26. The lowest BCUT2D eigenvalue weighted by molar-refractivity contribution is -0.132. The number of aromatic nitrogens is 2. The molecule has 0 aromatic carbocycles. The number of nitrogens with zero attached hydrogens (tertiary/aromatic N) is 3. The van der Waals surface area contributed by atoms with E-state index in [1.165, 1.54) is 11.2 Å². The van der Waals surface area contributed by atoms with E-state index in [0.717, 1.165) is 17.1 Å². The molecule has 1 rings (SSSR count). The summed E-state index contributed by atoms with van der Waals surface area (Å²) < 4.78 is 36.6. The number of aromatic amines is 1. The SMILES string of the molecule is C=C/C(=C\N=C(C)CCC(F)(F)F)C/C=C\C(=C)N(N)Cc1cnc(C)[nH]1. The topological polar surface area (TPSA) is 70.3 Å². The lowest BCUT2D eigenvalue weighted by Crippen LogP contribution is -2.28. The van der Waals surface area contributed by atoms with Gasteiger partial charge in [-0.25, -0.2) is 10.8 Å². The molecule has 0 aliphatic heterocycles. The second kappa shape index (κ2) is 10.5. The van der Waals surface area contributed by atoms with Crippen LogP contribution in [0.2, 0.25) is 0 Å². The molecule has 1 heterocycles. The van der Waals surface area contributed by atoms with Crippen LogP contribution in [0, 0.1) is 6.92 Å². The van der Waals surface area contributed by atoms with Crippen molar-refractivity contribution in [1.82, 2.24) is 15.0 Å². The molecule has 0 saturated carbocycles. The third-order valence-corrected chi connectivity index (χ3v) is 3.61. The summed E-state index contributed by atoms with van der Waals surface area (Å²) in [6, 6.07) is 0. The van der Waals surface area contributed by atoms with Crippen molar-refractivity contribution >= 4 is 5.71 Å². The number of rotatable bonds is 10. The van der Waals surface area contributed by atoms with Gasteiger partial charge in [0.1, 0.15) is 5.82 Å². The standard InChI is InChI=1S/C19H26F3N5/c1-5-17(11-24-14(2)9-10-19(20,21)22)8-6-7-15(3)27(23)13-18-12-25-16(4)26-18/h5-7,11-12H,1,3,8-10,13,23H2,2,4H3,(H,25,26)/b7-6-,17-11+,24-14?. The average molecular weight is 381 g/mol. The highest BCUT2D eigenvalue weighted by Crippen LogP contribution is 2.21. The molecular formula is C19H26F3N5. The van der Waals surface area contributed by atoms with E-state index < -0.39 is 12.6 Å². The molecule has 0 amide bonds. The maximum absolute atomic E-state index is 12.2. The van der Waals surface area contributed by atoms with Crippen LogP contribution in [0.15, 0.2) is 60.0 Å². The molecule has 0 aliphatic carbocycles. The Hall–Kier alpha value is -2.61. The minimum atomic E-state index is -4.17. The molecule has 5 nitrogen and oxygen atoms in total. The molecular weight excluding hydrogens is 355 g/mol. The van der Waals surface area contributed by atoms with Crippen LogP contribution < -0.4 is 5.84 Å². The lowest BCUT2D eigenvalue weighted by atomic mass is 10.2. The quantitative estimate of drug-likeness (QED) is 0.266. The Bertz CT molecular complexity index is 726. The van der Waals surface area contributed by atoms with Gasteiger partial charge in [0.05, 0.1) is 18.4 Å². The van der Waals surface area contributed by atoms with Crippen LogP contribution in [-0.2, 0) is 6.54 Å². The third kappa shape index (κ3) is 9.60. The fraction of sp³-hybridized carbons (Fsp3) is 0.368. The fourth-order valence-electron chi connectivity index (χ4n) is 2.03. The van der Waals surface area contributed by atoms with Gasteiger partial charge in [-0.15, -0.1) is 0 Å². The zero-order chi connectivity index (χ0) is 20.4. The first kappa shape index (κ1) is 22.4. The first-order valence-electron chi connectivity index (χ1n) is 8.40. The molecule has 0 saturated heterocycles. The van der Waals surface area contributed by atoms with E-state index in [2.05, 4.69) is 28.1 Å². The molecule has 0 aliphatic rings. The van der Waals surface area contributed by atoms with Crippen LogP contribution in [0.5, 0.6) is 0 Å². The number of alkyl halides is 3. The van der Waals surface area contributed by atoms with Crippen molar-refractivity contribution in [3.63, 3.8) is 0 Å². The minimum Gasteiger partial charge on any atom is -0.345 e. The second-order valence-corrected chi connectivity index (χ2v) is 6.11. The molecule has 27 heavy (non-hydrogen) atoms. The van der Waals surface area contributed by atoms with Gasteiger partial charge >= 0.3 is 6.18 Å². The van der Waals surface area contributed by atoms with E-state index in [9.17, 15) is 13.2 Å². The summed E-state index contributed by atoms with van der Waals surface area (Å²) >= 11 is 0. The first-order valence-corrected chi connectivity index (χ1v) is 8.40. The summed E-state index contributed by atoms with van der Waals surface area (Å²) in [6.07, 6.45) is 3.80. The maximum atomic E-state index is 12.2. The summed E-state index contributed by atoms with van der Waals surface area (Å²) in [5.74, 6) is 6.77. The van der Waals surface area contributed by atoms with Crippen molar-refractivity contribution in [2.24, 2.45) is 10.8 Å². The minimum absolute atomic E-state index is 0.119. The molecule has 0 unspecified atom stereocenters. The fourth-order valence-corrected chi connectivity index (χ4v) is 2.03. The number of H-pyrrole nitrogens is 1. The Morgan fingerprint density at radius 3 is 2.70 bits per heavy atom. The largest absolute Gasteiger partial charge is 0.389 e. The predicted octanol–water partition coefficient (Wildman–Crippen LogP) is 4.73. The van der Waals surface area contributed by atoms with E-state index in [1.807, 2.05) is 13.0 Å². The van der Waals surface area contributed by atoms with Crippen LogP contribution in [-0.4, -0.2) is 26.9 Å². The van der Waals surface area contributed by atoms with Crippen molar-refractivity contribution in [2.45, 2.75) is 45.8 Å². The van der Waals surface area contributed by atoms with Crippen LogP contribution in [0.3, 0.4) is 0 Å². The second-order valence-electron chi connectivity index (χ2n) is 6.11. The van der Waals surface area contributed by atoms with E-state index in [-0.39, 0.29) is 6.42 Å². The van der Waals surface area contributed by atoms with Gasteiger partial charge < -0.3 is 9.99 Å². The van der Waals surface area contributed by atoms with Gasteiger partial charge in [-0.3, -0.25) is 4.99 Å². The molecule has 8 heteroatoms. The van der Waals surface area contributed by atoms with Crippen LogP contribution in [0.4, 0.5) is 13.2 Å². The smallest absolute Gasteiger partial charge is 0.345 e. The van der Waals surface area contributed by atoms with Gasteiger partial charge in [-0.2, -0.15) is 13.2 Å². The van der Waals surface area contributed by atoms with Gasteiger partial charge in [-0.1, -0.05) is 25.3 Å². The van der Waals surface area contributed by atoms with Gasteiger partial charge in [0, 0.05) is 24.0 Å². The zero-order valence-corrected chi connectivity index (χ0v) is 15.7. The van der Waals surface area contributed by atoms with E-state index in [4.69, 9.17) is 5.84 Å². The van der Waals surface area contributed by atoms with Gasteiger partial charge in [-0.05, 0) is 38.3 Å². The van der Waals surface area contributed by atoms with E-state index in [0.29, 0.717) is 24.4 Å². The van der Waals surface area contributed by atoms with Crippen molar-refractivity contribution in [2.75, 3.05) is 0 Å². The van der Waals surface area contributed by atoms with Gasteiger partial charge in [0.25, 0.3) is 0 Å². The number of hydrogen-bond acceptors (Lipinski definition) is 4. The summed E-state index contributed by atoms with van der Waals surface area (Å²) in [5.41, 5.74) is 2.68. The molecule has 0 fully saturated rings. The molecule has 0 radical (unpaired) electrons. The Morgan fingerprint density at radius 1 is 1.44 bits per heavy atom. The number of aryl methyl sites for hydroxylation is 1. The van der Waals surface area contributed by atoms with Crippen molar-refractivity contribution < 1.29 is 13.2 Å². The molecule has 148 valence electrons. The maximum Gasteiger partial charge on any atom is 0.389 e. The van der Waals surface area contributed by atoms with Crippen LogP contribution in [0.25, 0.3) is 0 Å². The molecule has 1 aromatic heterocycles. The first-order chi connectivity index (χ1) is 12.6. The molecule has 0 bridgehead atoms. The summed E-state index contributed by atoms with van der Waals surface area (Å²) in [6.45, 7) is 11.5. The number of nitrogens with two attached hydrogens (primary N) is 1. The molecule has 0 atom stereocenters. The Balaban J connectivity index is 2.54. The summed E-state index contributed by atoms with van der Waals surface area (Å²) in [4.78, 5) is 11.3. The molecule has 1 aromatic rings. The zero-order valence-electron chi connectivity index (χ0n) is 15.7. The Morgan fingerprint density at radius 2 is 2.15 bits per heavy atom. The van der Waals surface area contributed by atoms with Crippen LogP contribution in [0.1, 0.15) is 37.7 Å². The van der Waals surface area contributed by atoms with Crippen molar-refractivity contribution in [3.05, 3.63) is 66.6 Å². The number of allylic oxidation sites excluding steroid dienone is 4. The molecule has 3 N–H and O–H groups in total. The van der Waals surface area contributed by atoms with E-state index >= 15 is 0 Å². The number of imidazole rings is 1. The number of aliphatic imine (C=N–C) groups is 1. The van der Waals surface area contributed by atoms with E-state index in [1.54, 1.807) is 25.3 Å². The van der Waals surface area contributed by atoms with Crippen molar-refractivity contribution in [1.29, 1.82) is 0 Å². The average Bonchev–Trinajstić information content (AvgIpc) is 2.99. The van der Waals surface area contributed by atoms with Gasteiger partial charge in [0.2, 0.25) is 0 Å². The molecule has 0 spiro atoms. The summed E-state index contributed by atoms with van der Waals surface area (Å²) in [7, 11) is 0. The van der Waals surface area contributed by atoms with Gasteiger partial charge in [0.15, 0.2) is 0 Å². The Kier molecular flexibility index (Phi) is 8.74. The Labute approximate surface area is 157 Å². The lowest BCUT2D eigenvalue weighted by Gasteiger charge is -2.17. The number of hydrazine groups is 1. The number of halogens is 3. The predicted molar refractivity (Wildman–Crippen MR) is 103 cm³/mol.